The molecule has 0 saturated heterocycles. The predicted octanol–water partition coefficient (Wildman–Crippen LogP) is 5.57. The molecule has 0 fully saturated rings. The van der Waals surface area contributed by atoms with Gasteiger partial charge in [0, 0.05) is 10.8 Å². The van der Waals surface area contributed by atoms with Crippen LogP contribution in [0.15, 0.2) is 60.7 Å². The molecule has 0 saturated carbocycles. The van der Waals surface area contributed by atoms with Crippen LogP contribution in [0.25, 0.3) is 0 Å². The van der Waals surface area contributed by atoms with Crippen LogP contribution in [-0.2, 0) is 13.1 Å². The van der Waals surface area contributed by atoms with E-state index < -0.39 is 0 Å². The second kappa shape index (κ2) is 7.50. The summed E-state index contributed by atoms with van der Waals surface area (Å²) in [6, 6.07) is 22.6. The van der Waals surface area contributed by atoms with Crippen LogP contribution in [0.4, 0.5) is 0 Å². The van der Waals surface area contributed by atoms with Gasteiger partial charge in [-0.2, -0.15) is 0 Å². The minimum absolute atomic E-state index is 0.189. The van der Waals surface area contributed by atoms with Gasteiger partial charge in [0.1, 0.15) is 25.2 Å². The highest BCUT2D eigenvalue weighted by atomic mass is 15.3. The zero-order valence-electron chi connectivity index (χ0n) is 17.8. The van der Waals surface area contributed by atoms with E-state index in [9.17, 15) is 0 Å². The molecule has 0 aromatic heterocycles. The van der Waals surface area contributed by atoms with E-state index in [1.807, 2.05) is 0 Å². The first-order valence-electron chi connectivity index (χ1n) is 10.1. The van der Waals surface area contributed by atoms with Gasteiger partial charge in [-0.05, 0) is 11.1 Å². The van der Waals surface area contributed by atoms with Crippen molar-refractivity contribution in [3.05, 3.63) is 71.8 Å². The smallest absolute Gasteiger partial charge is 0.235 e. The quantitative estimate of drug-likeness (QED) is 0.643. The maximum Gasteiger partial charge on any atom is 0.235 e. The molecule has 1 aliphatic heterocycles. The minimum Gasteiger partial charge on any atom is -0.257 e. The number of benzene rings is 2. The standard InChI is InChI=1S/C25H35N2/c1-24(2,3)22-23(25(4,5)6)27(18-21-15-11-8-12-16-21)19-26(22)17-20-13-9-7-10-14-20/h7-16,19,22-23H,17-18H2,1-6H3/q+1/t22-,23-/m0/s1. The van der Waals surface area contributed by atoms with Crippen molar-refractivity contribution in [3.63, 3.8) is 0 Å². The van der Waals surface area contributed by atoms with Gasteiger partial charge in [-0.3, -0.25) is 9.48 Å². The molecule has 0 bridgehead atoms. The van der Waals surface area contributed by atoms with E-state index in [0.717, 1.165) is 13.1 Å². The highest BCUT2D eigenvalue weighted by molar-refractivity contribution is 5.53. The SMILES string of the molecule is CC(C)(C)[C@@H]1[C@@H](C(C)(C)C)[N+](Cc2ccccc2)=CN1Cc1ccccc1. The predicted molar refractivity (Wildman–Crippen MR) is 115 cm³/mol. The second-order valence-electron chi connectivity index (χ2n) is 10.1. The summed E-state index contributed by atoms with van der Waals surface area (Å²) in [5, 5.41) is 0. The first kappa shape index (κ1) is 19.7. The summed E-state index contributed by atoms with van der Waals surface area (Å²) in [7, 11) is 0. The van der Waals surface area contributed by atoms with Crippen LogP contribution in [0, 0.1) is 10.8 Å². The van der Waals surface area contributed by atoms with Crippen molar-refractivity contribution < 1.29 is 4.58 Å². The fourth-order valence-electron chi connectivity index (χ4n) is 4.51. The molecule has 2 heteroatoms. The number of rotatable bonds is 4. The molecule has 0 N–H and O–H groups in total. The van der Waals surface area contributed by atoms with Gasteiger partial charge >= 0.3 is 0 Å². The van der Waals surface area contributed by atoms with Gasteiger partial charge in [0.05, 0.1) is 0 Å². The fourth-order valence-corrected chi connectivity index (χ4v) is 4.51. The molecule has 2 atom stereocenters. The Kier molecular flexibility index (Phi) is 5.46. The van der Waals surface area contributed by atoms with E-state index in [1.165, 1.54) is 11.1 Å². The molecule has 0 spiro atoms. The Labute approximate surface area is 165 Å². The van der Waals surface area contributed by atoms with Crippen molar-refractivity contribution in [2.75, 3.05) is 0 Å². The zero-order chi connectivity index (χ0) is 19.7. The van der Waals surface area contributed by atoms with Gasteiger partial charge in [-0.25, -0.2) is 0 Å². The van der Waals surface area contributed by atoms with Crippen LogP contribution in [-0.4, -0.2) is 27.9 Å². The number of hydrogen-bond donors (Lipinski definition) is 0. The molecule has 1 heterocycles. The van der Waals surface area contributed by atoms with E-state index in [1.54, 1.807) is 0 Å². The average Bonchev–Trinajstić information content (AvgIpc) is 2.95. The Morgan fingerprint density at radius 3 is 1.74 bits per heavy atom. The van der Waals surface area contributed by atoms with Gasteiger partial charge in [0.25, 0.3) is 0 Å². The maximum atomic E-state index is 2.58. The van der Waals surface area contributed by atoms with Crippen molar-refractivity contribution in [1.82, 2.24) is 4.90 Å². The van der Waals surface area contributed by atoms with Gasteiger partial charge in [0.15, 0.2) is 0 Å². The molecule has 0 aliphatic carbocycles. The molecule has 2 aromatic carbocycles. The van der Waals surface area contributed by atoms with E-state index in [2.05, 4.69) is 118 Å². The van der Waals surface area contributed by atoms with Crippen LogP contribution in [0.3, 0.4) is 0 Å². The number of nitrogens with zero attached hydrogens (tertiary/aromatic N) is 2. The Bertz CT molecular complexity index is 763. The molecule has 27 heavy (non-hydrogen) atoms. The highest BCUT2D eigenvalue weighted by Gasteiger charge is 2.53. The molecular formula is C25H35N2+. The third-order valence-corrected chi connectivity index (χ3v) is 5.50. The van der Waals surface area contributed by atoms with Crippen LogP contribution in [0.2, 0.25) is 0 Å². The van der Waals surface area contributed by atoms with E-state index in [0.29, 0.717) is 12.1 Å². The lowest BCUT2D eigenvalue weighted by Crippen LogP contribution is -2.52. The Hall–Kier alpha value is -2.09. The molecule has 2 nitrogen and oxygen atoms in total. The molecule has 2 aromatic rings. The summed E-state index contributed by atoms with van der Waals surface area (Å²) in [6.07, 6.45) is 2.39. The lowest BCUT2D eigenvalue weighted by atomic mass is 9.72. The van der Waals surface area contributed by atoms with Gasteiger partial charge in [-0.1, -0.05) is 102 Å². The van der Waals surface area contributed by atoms with Gasteiger partial charge < -0.3 is 0 Å². The monoisotopic (exact) mass is 363 g/mol. The molecule has 0 amide bonds. The van der Waals surface area contributed by atoms with Crippen molar-refractivity contribution in [2.24, 2.45) is 10.8 Å². The third kappa shape index (κ3) is 4.61. The highest BCUT2D eigenvalue weighted by Crippen LogP contribution is 2.40. The maximum absolute atomic E-state index is 2.58. The van der Waals surface area contributed by atoms with Crippen molar-refractivity contribution in [2.45, 2.75) is 66.7 Å². The third-order valence-electron chi connectivity index (χ3n) is 5.50. The molecule has 1 aliphatic rings. The summed E-state index contributed by atoms with van der Waals surface area (Å²) in [5.74, 6) is 0. The minimum atomic E-state index is 0.189. The molecule has 0 unspecified atom stereocenters. The van der Waals surface area contributed by atoms with E-state index >= 15 is 0 Å². The average molecular weight is 364 g/mol. The van der Waals surface area contributed by atoms with E-state index in [4.69, 9.17) is 0 Å². The fraction of sp³-hybridized carbons (Fsp3) is 0.480. The molecule has 3 rings (SSSR count). The first-order chi connectivity index (χ1) is 12.7. The topological polar surface area (TPSA) is 6.25 Å². The van der Waals surface area contributed by atoms with Crippen LogP contribution < -0.4 is 0 Å². The summed E-state index contributed by atoms with van der Waals surface area (Å²) in [6.45, 7) is 16.2. The second-order valence-corrected chi connectivity index (χ2v) is 10.1. The normalized spacial score (nSPS) is 20.7. The van der Waals surface area contributed by atoms with Crippen LogP contribution >= 0.6 is 0 Å². The van der Waals surface area contributed by atoms with Crippen molar-refractivity contribution in [1.29, 1.82) is 0 Å². The summed E-state index contributed by atoms with van der Waals surface area (Å²) in [4.78, 5) is 2.58. The lowest BCUT2D eigenvalue weighted by Gasteiger charge is -2.39. The van der Waals surface area contributed by atoms with Crippen molar-refractivity contribution in [3.8, 4) is 0 Å². The Morgan fingerprint density at radius 2 is 1.26 bits per heavy atom. The van der Waals surface area contributed by atoms with E-state index in [-0.39, 0.29) is 10.8 Å². The molecule has 144 valence electrons. The Morgan fingerprint density at radius 1 is 0.741 bits per heavy atom. The van der Waals surface area contributed by atoms with Gasteiger partial charge in [0.2, 0.25) is 6.34 Å². The van der Waals surface area contributed by atoms with Gasteiger partial charge in [-0.15, -0.1) is 0 Å². The lowest BCUT2D eigenvalue weighted by molar-refractivity contribution is -0.588. The molecular weight excluding hydrogens is 328 g/mol. The zero-order valence-corrected chi connectivity index (χ0v) is 17.8. The Balaban J connectivity index is 1.98. The molecule has 0 radical (unpaired) electrons. The summed E-state index contributed by atoms with van der Waals surface area (Å²) < 4.78 is 2.58. The van der Waals surface area contributed by atoms with Crippen LogP contribution in [0.1, 0.15) is 52.7 Å². The van der Waals surface area contributed by atoms with Crippen molar-refractivity contribution >= 4 is 6.34 Å². The first-order valence-corrected chi connectivity index (χ1v) is 10.1. The van der Waals surface area contributed by atoms with Crippen LogP contribution in [0.5, 0.6) is 0 Å². The largest absolute Gasteiger partial charge is 0.257 e. The number of hydrogen-bond acceptors (Lipinski definition) is 1. The summed E-state index contributed by atoms with van der Waals surface area (Å²) >= 11 is 0. The summed E-state index contributed by atoms with van der Waals surface area (Å²) in [5.41, 5.74) is 3.12.